The van der Waals surface area contributed by atoms with Crippen LogP contribution < -0.4 is 0 Å². The summed E-state index contributed by atoms with van der Waals surface area (Å²) in [6.45, 7) is 5.01. The van der Waals surface area contributed by atoms with E-state index in [-0.39, 0.29) is 0 Å². The molecule has 1 rings (SSSR count). The van der Waals surface area contributed by atoms with Gasteiger partial charge in [0.05, 0.1) is 0 Å². The molecule has 1 unspecified atom stereocenters. The monoisotopic (exact) mass is 212 g/mol. The van der Waals surface area contributed by atoms with Crippen LogP contribution in [0.25, 0.3) is 0 Å². The maximum absolute atomic E-state index is 8.81. The highest BCUT2D eigenvalue weighted by Crippen LogP contribution is 2.31. The van der Waals surface area contributed by atoms with Crippen LogP contribution in [0.3, 0.4) is 0 Å². The zero-order valence-electron chi connectivity index (χ0n) is 10.5. The Bertz CT molecular complexity index is 147. The van der Waals surface area contributed by atoms with Crippen LogP contribution in [0, 0.1) is 17.8 Å². The molecule has 1 atom stereocenters. The first kappa shape index (κ1) is 13.0. The molecule has 0 amide bonds. The van der Waals surface area contributed by atoms with Crippen LogP contribution in [0.5, 0.6) is 0 Å². The number of rotatable bonds is 6. The van der Waals surface area contributed by atoms with Crippen molar-refractivity contribution in [2.45, 2.75) is 65.2 Å². The van der Waals surface area contributed by atoms with Gasteiger partial charge in [-0.3, -0.25) is 0 Å². The second kappa shape index (κ2) is 7.27. The Hall–Kier alpha value is -0.0400. The van der Waals surface area contributed by atoms with Crippen molar-refractivity contribution in [3.8, 4) is 0 Å². The Balaban J connectivity index is 2.00. The van der Waals surface area contributed by atoms with E-state index in [2.05, 4.69) is 13.8 Å². The molecule has 1 aliphatic rings. The number of hydrogen-bond acceptors (Lipinski definition) is 1. The highest BCUT2D eigenvalue weighted by atomic mass is 16.3. The van der Waals surface area contributed by atoms with E-state index in [0.29, 0.717) is 6.61 Å². The first-order valence-electron chi connectivity index (χ1n) is 6.83. The van der Waals surface area contributed by atoms with Crippen molar-refractivity contribution in [3.63, 3.8) is 0 Å². The van der Waals surface area contributed by atoms with Crippen LogP contribution in [-0.2, 0) is 0 Å². The van der Waals surface area contributed by atoms with Crippen LogP contribution in [0.15, 0.2) is 0 Å². The van der Waals surface area contributed by atoms with Gasteiger partial charge in [-0.05, 0) is 24.2 Å². The number of aliphatic hydroxyl groups excluding tert-OH is 1. The molecule has 1 N–H and O–H groups in total. The molecule has 15 heavy (non-hydrogen) atoms. The van der Waals surface area contributed by atoms with Gasteiger partial charge in [0.25, 0.3) is 0 Å². The molecule has 0 aromatic rings. The lowest BCUT2D eigenvalue weighted by molar-refractivity contribution is 0.244. The summed E-state index contributed by atoms with van der Waals surface area (Å²) in [4.78, 5) is 0. The molecular formula is C14H28O. The van der Waals surface area contributed by atoms with E-state index in [0.717, 1.165) is 24.2 Å². The molecule has 0 spiro atoms. The van der Waals surface area contributed by atoms with Gasteiger partial charge in [-0.1, -0.05) is 58.8 Å². The van der Waals surface area contributed by atoms with Gasteiger partial charge in [0.1, 0.15) is 0 Å². The summed E-state index contributed by atoms with van der Waals surface area (Å²) in [6, 6.07) is 0. The fourth-order valence-corrected chi connectivity index (χ4v) is 2.74. The SMILES string of the molecule is CC(CCO)CCCC1CCC(C)CC1. The maximum atomic E-state index is 8.81. The van der Waals surface area contributed by atoms with E-state index in [4.69, 9.17) is 5.11 Å². The lowest BCUT2D eigenvalue weighted by Gasteiger charge is -2.26. The fourth-order valence-electron chi connectivity index (χ4n) is 2.74. The van der Waals surface area contributed by atoms with E-state index >= 15 is 0 Å². The van der Waals surface area contributed by atoms with Gasteiger partial charge in [-0.2, -0.15) is 0 Å². The van der Waals surface area contributed by atoms with Crippen molar-refractivity contribution in [2.75, 3.05) is 6.61 Å². The van der Waals surface area contributed by atoms with Gasteiger partial charge < -0.3 is 5.11 Å². The largest absolute Gasteiger partial charge is 0.396 e. The summed E-state index contributed by atoms with van der Waals surface area (Å²) in [6.07, 6.45) is 11.0. The second-order valence-electron chi connectivity index (χ2n) is 5.67. The summed E-state index contributed by atoms with van der Waals surface area (Å²) in [7, 11) is 0. The van der Waals surface area contributed by atoms with E-state index in [1.165, 1.54) is 44.9 Å². The van der Waals surface area contributed by atoms with E-state index in [1.54, 1.807) is 0 Å². The molecule has 1 fully saturated rings. The molecule has 0 radical (unpaired) electrons. The van der Waals surface area contributed by atoms with Gasteiger partial charge >= 0.3 is 0 Å². The van der Waals surface area contributed by atoms with Crippen molar-refractivity contribution < 1.29 is 5.11 Å². The minimum Gasteiger partial charge on any atom is -0.396 e. The average Bonchev–Trinajstić information content (AvgIpc) is 2.21. The normalized spacial score (nSPS) is 29.0. The minimum atomic E-state index is 0.363. The lowest BCUT2D eigenvalue weighted by Crippen LogP contribution is -2.12. The van der Waals surface area contributed by atoms with Crippen LogP contribution >= 0.6 is 0 Å². The molecule has 1 aliphatic carbocycles. The molecule has 0 aliphatic heterocycles. The number of aliphatic hydroxyl groups is 1. The first-order chi connectivity index (χ1) is 7.22. The van der Waals surface area contributed by atoms with E-state index in [1.807, 2.05) is 0 Å². The summed E-state index contributed by atoms with van der Waals surface area (Å²) < 4.78 is 0. The molecule has 90 valence electrons. The van der Waals surface area contributed by atoms with Crippen molar-refractivity contribution in [2.24, 2.45) is 17.8 Å². The van der Waals surface area contributed by atoms with Gasteiger partial charge in [0.2, 0.25) is 0 Å². The summed E-state index contributed by atoms with van der Waals surface area (Å²) in [5.41, 5.74) is 0. The zero-order chi connectivity index (χ0) is 11.1. The molecule has 1 heteroatoms. The smallest absolute Gasteiger partial charge is 0.0433 e. The van der Waals surface area contributed by atoms with Crippen molar-refractivity contribution in [1.82, 2.24) is 0 Å². The van der Waals surface area contributed by atoms with Gasteiger partial charge in [-0.25, -0.2) is 0 Å². The minimum absolute atomic E-state index is 0.363. The van der Waals surface area contributed by atoms with Gasteiger partial charge in [-0.15, -0.1) is 0 Å². The Labute approximate surface area is 95.3 Å². The van der Waals surface area contributed by atoms with Crippen molar-refractivity contribution in [3.05, 3.63) is 0 Å². The Morgan fingerprint density at radius 3 is 2.40 bits per heavy atom. The van der Waals surface area contributed by atoms with Gasteiger partial charge in [0.15, 0.2) is 0 Å². The van der Waals surface area contributed by atoms with Crippen LogP contribution in [-0.4, -0.2) is 11.7 Å². The molecule has 0 saturated heterocycles. The van der Waals surface area contributed by atoms with Crippen LogP contribution in [0.1, 0.15) is 65.2 Å². The molecule has 0 heterocycles. The van der Waals surface area contributed by atoms with Gasteiger partial charge in [0, 0.05) is 6.61 Å². The Morgan fingerprint density at radius 1 is 1.13 bits per heavy atom. The third-order valence-electron chi connectivity index (χ3n) is 4.07. The summed E-state index contributed by atoms with van der Waals surface area (Å²) >= 11 is 0. The average molecular weight is 212 g/mol. The third kappa shape index (κ3) is 5.55. The van der Waals surface area contributed by atoms with Crippen molar-refractivity contribution >= 4 is 0 Å². The third-order valence-corrected chi connectivity index (χ3v) is 4.07. The highest BCUT2D eigenvalue weighted by Gasteiger charge is 2.17. The van der Waals surface area contributed by atoms with E-state index in [9.17, 15) is 0 Å². The lowest BCUT2D eigenvalue weighted by atomic mass is 9.80. The van der Waals surface area contributed by atoms with Crippen LogP contribution in [0.4, 0.5) is 0 Å². The predicted molar refractivity (Wildman–Crippen MR) is 65.8 cm³/mol. The maximum Gasteiger partial charge on any atom is 0.0433 e. The zero-order valence-corrected chi connectivity index (χ0v) is 10.5. The molecule has 0 bridgehead atoms. The topological polar surface area (TPSA) is 20.2 Å². The first-order valence-corrected chi connectivity index (χ1v) is 6.83. The molecular weight excluding hydrogens is 184 g/mol. The quantitative estimate of drug-likeness (QED) is 0.705. The fraction of sp³-hybridized carbons (Fsp3) is 1.00. The molecule has 0 aromatic carbocycles. The highest BCUT2D eigenvalue weighted by molar-refractivity contribution is 4.70. The Morgan fingerprint density at radius 2 is 1.80 bits per heavy atom. The molecule has 1 nitrogen and oxygen atoms in total. The number of hydrogen-bond donors (Lipinski definition) is 1. The summed E-state index contributed by atoms with van der Waals surface area (Å²) in [5, 5.41) is 8.81. The van der Waals surface area contributed by atoms with E-state index < -0.39 is 0 Å². The molecule has 0 aromatic heterocycles. The van der Waals surface area contributed by atoms with Crippen LogP contribution in [0.2, 0.25) is 0 Å². The summed E-state index contributed by atoms with van der Waals surface area (Å²) in [5.74, 6) is 2.72. The van der Waals surface area contributed by atoms with Crippen molar-refractivity contribution in [1.29, 1.82) is 0 Å². The molecule has 1 saturated carbocycles. The Kier molecular flexibility index (Phi) is 6.31. The standard InChI is InChI=1S/C14H28O/c1-12(10-11-15)4-3-5-14-8-6-13(2)7-9-14/h12-15H,3-11H2,1-2H3. The second-order valence-corrected chi connectivity index (χ2v) is 5.67. The predicted octanol–water partition coefficient (Wildman–Crippen LogP) is 4.00.